The second kappa shape index (κ2) is 3.63. The molecular formula is C9H10N2O. The summed E-state index contributed by atoms with van der Waals surface area (Å²) in [5.41, 5.74) is 6.08. The largest absolute Gasteiger partial charge is 0.492 e. The monoisotopic (exact) mass is 162 g/mol. The molecule has 12 heavy (non-hydrogen) atoms. The Balaban J connectivity index is 3.06. The first-order chi connectivity index (χ1) is 5.77. The van der Waals surface area contributed by atoms with Crippen LogP contribution in [0.5, 0.6) is 5.75 Å². The second-order valence-electron chi connectivity index (χ2n) is 2.18. The number of ether oxygens (including phenoxy) is 1. The van der Waals surface area contributed by atoms with Crippen molar-refractivity contribution >= 4 is 5.82 Å². The number of hydrogen-bond acceptors (Lipinski definition) is 3. The van der Waals surface area contributed by atoms with Crippen LogP contribution in [-0.2, 0) is 0 Å². The lowest BCUT2D eigenvalue weighted by molar-refractivity contribution is 0.339. The van der Waals surface area contributed by atoms with Crippen molar-refractivity contribution in [1.29, 1.82) is 0 Å². The van der Waals surface area contributed by atoms with E-state index in [1.165, 1.54) is 6.20 Å². The van der Waals surface area contributed by atoms with Crippen LogP contribution in [0.1, 0.15) is 12.5 Å². The molecule has 0 atom stereocenters. The first kappa shape index (κ1) is 8.41. The van der Waals surface area contributed by atoms with Crippen LogP contribution in [0.3, 0.4) is 0 Å². The minimum Gasteiger partial charge on any atom is -0.492 e. The highest BCUT2D eigenvalue weighted by atomic mass is 16.5. The Hall–Kier alpha value is -1.69. The molecule has 0 amide bonds. The maximum absolute atomic E-state index is 5.45. The number of rotatable bonds is 2. The minimum atomic E-state index is 0.414. The summed E-state index contributed by atoms with van der Waals surface area (Å²) in [6, 6.07) is 1.62. The van der Waals surface area contributed by atoms with Crippen molar-refractivity contribution in [1.82, 2.24) is 4.98 Å². The standard InChI is InChI=1S/C9H10N2O/c1-3-7-6-11-9(10)5-8(7)12-4-2/h1,5-6H,4H2,2H3,(H2,10,11). The SMILES string of the molecule is C#Cc1cnc(N)cc1OCC. The lowest BCUT2D eigenvalue weighted by atomic mass is 10.2. The fraction of sp³-hybridized carbons (Fsp3) is 0.222. The van der Waals surface area contributed by atoms with Gasteiger partial charge in [0.25, 0.3) is 0 Å². The average Bonchev–Trinajstić information content (AvgIpc) is 2.05. The Morgan fingerprint density at radius 3 is 3.08 bits per heavy atom. The van der Waals surface area contributed by atoms with Gasteiger partial charge in [0.2, 0.25) is 0 Å². The molecule has 1 aromatic rings. The molecule has 1 aromatic heterocycles. The zero-order chi connectivity index (χ0) is 8.97. The molecule has 0 saturated carbocycles. The van der Waals surface area contributed by atoms with Crippen molar-refractivity contribution in [2.24, 2.45) is 0 Å². The van der Waals surface area contributed by atoms with Gasteiger partial charge < -0.3 is 10.5 Å². The van der Waals surface area contributed by atoms with Gasteiger partial charge in [0.15, 0.2) is 0 Å². The Labute approximate surface area is 71.6 Å². The van der Waals surface area contributed by atoms with Gasteiger partial charge in [-0.2, -0.15) is 0 Å². The molecule has 0 bridgehead atoms. The predicted octanol–water partition coefficient (Wildman–Crippen LogP) is 1.04. The predicted molar refractivity (Wildman–Crippen MR) is 47.8 cm³/mol. The number of aromatic nitrogens is 1. The van der Waals surface area contributed by atoms with Crippen LogP contribution >= 0.6 is 0 Å². The van der Waals surface area contributed by atoms with Crippen LogP contribution in [0.2, 0.25) is 0 Å². The van der Waals surface area contributed by atoms with E-state index in [1.807, 2.05) is 6.92 Å². The topological polar surface area (TPSA) is 48.1 Å². The van der Waals surface area contributed by atoms with Crippen LogP contribution in [0.15, 0.2) is 12.3 Å². The van der Waals surface area contributed by atoms with E-state index >= 15 is 0 Å². The van der Waals surface area contributed by atoms with Gasteiger partial charge in [0.1, 0.15) is 11.6 Å². The molecule has 0 aliphatic carbocycles. The first-order valence-corrected chi connectivity index (χ1v) is 3.63. The molecule has 0 unspecified atom stereocenters. The highest BCUT2D eigenvalue weighted by molar-refractivity contribution is 5.48. The van der Waals surface area contributed by atoms with Crippen molar-refractivity contribution in [3.63, 3.8) is 0 Å². The summed E-state index contributed by atoms with van der Waals surface area (Å²) in [5.74, 6) is 3.50. The summed E-state index contributed by atoms with van der Waals surface area (Å²) in [4.78, 5) is 3.85. The van der Waals surface area contributed by atoms with Crippen LogP contribution < -0.4 is 10.5 Å². The maximum Gasteiger partial charge on any atom is 0.140 e. The zero-order valence-corrected chi connectivity index (χ0v) is 6.87. The van der Waals surface area contributed by atoms with Crippen LogP contribution in [-0.4, -0.2) is 11.6 Å². The van der Waals surface area contributed by atoms with E-state index in [2.05, 4.69) is 10.9 Å². The molecule has 2 N–H and O–H groups in total. The van der Waals surface area contributed by atoms with Gasteiger partial charge in [-0.15, -0.1) is 6.42 Å². The van der Waals surface area contributed by atoms with Gasteiger partial charge in [-0.1, -0.05) is 5.92 Å². The zero-order valence-electron chi connectivity index (χ0n) is 6.87. The van der Waals surface area contributed by atoms with E-state index in [4.69, 9.17) is 16.9 Å². The van der Waals surface area contributed by atoms with Crippen molar-refractivity contribution in [3.05, 3.63) is 17.8 Å². The highest BCUT2D eigenvalue weighted by Crippen LogP contribution is 2.18. The summed E-state index contributed by atoms with van der Waals surface area (Å²) in [5, 5.41) is 0. The fourth-order valence-electron chi connectivity index (χ4n) is 0.835. The Morgan fingerprint density at radius 2 is 2.50 bits per heavy atom. The molecule has 0 radical (unpaired) electrons. The summed E-state index contributed by atoms with van der Waals surface area (Å²) in [6.45, 7) is 2.45. The van der Waals surface area contributed by atoms with E-state index in [1.54, 1.807) is 6.07 Å². The molecule has 0 aliphatic rings. The van der Waals surface area contributed by atoms with Gasteiger partial charge in [-0.05, 0) is 6.92 Å². The number of nitrogen functional groups attached to an aromatic ring is 1. The van der Waals surface area contributed by atoms with Gasteiger partial charge in [-0.25, -0.2) is 4.98 Å². The third-order valence-electron chi connectivity index (χ3n) is 1.34. The third kappa shape index (κ3) is 1.67. The van der Waals surface area contributed by atoms with Gasteiger partial charge in [0.05, 0.1) is 12.2 Å². The molecule has 0 aromatic carbocycles. The summed E-state index contributed by atoms with van der Waals surface area (Å²) < 4.78 is 5.25. The second-order valence-corrected chi connectivity index (χ2v) is 2.18. The number of hydrogen-bond donors (Lipinski definition) is 1. The fourth-order valence-corrected chi connectivity index (χ4v) is 0.835. The van der Waals surface area contributed by atoms with Gasteiger partial charge in [-0.3, -0.25) is 0 Å². The smallest absolute Gasteiger partial charge is 0.140 e. The van der Waals surface area contributed by atoms with Crippen molar-refractivity contribution < 1.29 is 4.74 Å². The molecule has 62 valence electrons. The molecular weight excluding hydrogens is 152 g/mol. The lowest BCUT2D eigenvalue weighted by Gasteiger charge is -2.05. The summed E-state index contributed by atoms with van der Waals surface area (Å²) in [7, 11) is 0. The Kier molecular flexibility index (Phi) is 2.54. The van der Waals surface area contributed by atoms with Crippen molar-refractivity contribution in [2.45, 2.75) is 6.92 Å². The average molecular weight is 162 g/mol. The van der Waals surface area contributed by atoms with E-state index in [0.29, 0.717) is 23.7 Å². The van der Waals surface area contributed by atoms with E-state index in [-0.39, 0.29) is 0 Å². The minimum absolute atomic E-state index is 0.414. The van der Waals surface area contributed by atoms with E-state index in [0.717, 1.165) is 0 Å². The normalized spacial score (nSPS) is 9.00. The van der Waals surface area contributed by atoms with Gasteiger partial charge in [0, 0.05) is 12.3 Å². The molecule has 3 nitrogen and oxygen atoms in total. The number of nitrogens with two attached hydrogens (primary N) is 1. The number of nitrogens with zero attached hydrogens (tertiary/aromatic N) is 1. The molecule has 3 heteroatoms. The van der Waals surface area contributed by atoms with Crippen molar-refractivity contribution in [3.8, 4) is 18.1 Å². The van der Waals surface area contributed by atoms with E-state index < -0.39 is 0 Å². The number of anilines is 1. The molecule has 1 heterocycles. The highest BCUT2D eigenvalue weighted by Gasteiger charge is 2.00. The maximum atomic E-state index is 5.45. The molecule has 0 spiro atoms. The summed E-state index contributed by atoms with van der Waals surface area (Å²) in [6.07, 6.45) is 6.75. The molecule has 1 rings (SSSR count). The Bertz CT molecular complexity index is 315. The van der Waals surface area contributed by atoms with Crippen LogP contribution in [0.25, 0.3) is 0 Å². The van der Waals surface area contributed by atoms with Gasteiger partial charge >= 0.3 is 0 Å². The van der Waals surface area contributed by atoms with Crippen LogP contribution in [0, 0.1) is 12.3 Å². The molecule has 0 saturated heterocycles. The molecule has 0 aliphatic heterocycles. The van der Waals surface area contributed by atoms with Crippen molar-refractivity contribution in [2.75, 3.05) is 12.3 Å². The number of terminal acetylenes is 1. The molecule has 0 fully saturated rings. The number of pyridine rings is 1. The summed E-state index contributed by atoms with van der Waals surface area (Å²) >= 11 is 0. The Morgan fingerprint density at radius 1 is 1.75 bits per heavy atom. The lowest BCUT2D eigenvalue weighted by Crippen LogP contribution is -1.97. The third-order valence-corrected chi connectivity index (χ3v) is 1.34. The first-order valence-electron chi connectivity index (χ1n) is 3.63. The van der Waals surface area contributed by atoms with E-state index in [9.17, 15) is 0 Å². The van der Waals surface area contributed by atoms with Crippen LogP contribution in [0.4, 0.5) is 5.82 Å². The quantitative estimate of drug-likeness (QED) is 0.661.